The van der Waals surface area contributed by atoms with Crippen molar-refractivity contribution in [1.29, 1.82) is 0 Å². The second-order valence-electron chi connectivity index (χ2n) is 4.85. The van der Waals surface area contributed by atoms with E-state index in [4.69, 9.17) is 0 Å². The third-order valence-corrected chi connectivity index (χ3v) is 4.29. The summed E-state index contributed by atoms with van der Waals surface area (Å²) < 4.78 is 0. The SMILES string of the molecule is CN=C(NCc1nccs1)N1CCN(c2ncccn2)CC1.I. The number of halogens is 1. The van der Waals surface area contributed by atoms with Gasteiger partial charge in [-0.2, -0.15) is 0 Å². The van der Waals surface area contributed by atoms with Crippen LogP contribution >= 0.6 is 35.3 Å². The monoisotopic (exact) mass is 445 g/mol. The number of hydrogen-bond donors (Lipinski definition) is 1. The van der Waals surface area contributed by atoms with Crippen molar-refractivity contribution in [2.75, 3.05) is 38.1 Å². The van der Waals surface area contributed by atoms with Crippen LogP contribution in [0.15, 0.2) is 35.0 Å². The van der Waals surface area contributed by atoms with Gasteiger partial charge in [0.2, 0.25) is 5.95 Å². The molecule has 0 aromatic carbocycles. The van der Waals surface area contributed by atoms with Crippen LogP contribution in [0.4, 0.5) is 5.95 Å². The Kier molecular flexibility index (Phi) is 6.96. The molecule has 0 aliphatic carbocycles. The van der Waals surface area contributed by atoms with Gasteiger partial charge < -0.3 is 15.1 Å². The Labute approximate surface area is 156 Å². The molecule has 1 aliphatic heterocycles. The van der Waals surface area contributed by atoms with Gasteiger partial charge in [0.25, 0.3) is 0 Å². The van der Waals surface area contributed by atoms with Gasteiger partial charge in [0.15, 0.2) is 5.96 Å². The topological polar surface area (TPSA) is 69.5 Å². The molecule has 2 aromatic rings. The third-order valence-electron chi connectivity index (χ3n) is 3.51. The van der Waals surface area contributed by atoms with Crippen LogP contribution in [0.2, 0.25) is 0 Å². The zero-order chi connectivity index (χ0) is 15.2. The predicted molar refractivity (Wildman–Crippen MR) is 104 cm³/mol. The second-order valence-corrected chi connectivity index (χ2v) is 5.83. The lowest BCUT2D eigenvalue weighted by Gasteiger charge is -2.36. The molecule has 23 heavy (non-hydrogen) atoms. The van der Waals surface area contributed by atoms with Gasteiger partial charge in [-0.25, -0.2) is 15.0 Å². The summed E-state index contributed by atoms with van der Waals surface area (Å²) >= 11 is 1.65. The molecule has 0 bridgehead atoms. The molecular formula is C14H20IN7S. The zero-order valence-electron chi connectivity index (χ0n) is 12.9. The summed E-state index contributed by atoms with van der Waals surface area (Å²) in [7, 11) is 1.82. The number of piperazine rings is 1. The fourth-order valence-electron chi connectivity index (χ4n) is 2.40. The summed E-state index contributed by atoms with van der Waals surface area (Å²) in [5.74, 6) is 1.72. The number of rotatable bonds is 3. The molecule has 1 fully saturated rings. The molecule has 0 radical (unpaired) electrons. The van der Waals surface area contributed by atoms with Gasteiger partial charge in [0.1, 0.15) is 5.01 Å². The number of anilines is 1. The van der Waals surface area contributed by atoms with Crippen LogP contribution in [0.3, 0.4) is 0 Å². The standard InChI is InChI=1S/C14H19N7S.HI/c1-15-13(19-11-12-16-5-10-22-12)20-6-8-21(9-7-20)14-17-3-2-4-18-14;/h2-5,10H,6-9,11H2,1H3,(H,15,19);1H. The van der Waals surface area contributed by atoms with Crippen LogP contribution in [0.25, 0.3) is 0 Å². The molecular weight excluding hydrogens is 425 g/mol. The van der Waals surface area contributed by atoms with Gasteiger partial charge >= 0.3 is 0 Å². The van der Waals surface area contributed by atoms with Gasteiger partial charge in [-0.05, 0) is 6.07 Å². The van der Waals surface area contributed by atoms with E-state index in [9.17, 15) is 0 Å². The van der Waals surface area contributed by atoms with E-state index < -0.39 is 0 Å². The molecule has 0 spiro atoms. The van der Waals surface area contributed by atoms with Crippen molar-refractivity contribution >= 4 is 47.2 Å². The second kappa shape index (κ2) is 8.96. The van der Waals surface area contributed by atoms with Crippen molar-refractivity contribution in [3.63, 3.8) is 0 Å². The number of nitrogens with one attached hydrogen (secondary N) is 1. The van der Waals surface area contributed by atoms with Crippen molar-refractivity contribution in [2.45, 2.75) is 6.54 Å². The van der Waals surface area contributed by atoms with E-state index in [1.54, 1.807) is 23.7 Å². The van der Waals surface area contributed by atoms with E-state index in [2.05, 4.69) is 35.1 Å². The summed E-state index contributed by atoms with van der Waals surface area (Å²) in [4.78, 5) is 21.7. The third kappa shape index (κ3) is 4.74. The Morgan fingerprint density at radius 1 is 1.17 bits per heavy atom. The molecule has 7 nitrogen and oxygen atoms in total. The molecule has 0 atom stereocenters. The molecule has 3 rings (SSSR count). The highest BCUT2D eigenvalue weighted by atomic mass is 127. The number of aromatic nitrogens is 3. The van der Waals surface area contributed by atoms with Crippen LogP contribution < -0.4 is 10.2 Å². The van der Waals surface area contributed by atoms with Crippen molar-refractivity contribution in [3.8, 4) is 0 Å². The quantitative estimate of drug-likeness (QED) is 0.438. The van der Waals surface area contributed by atoms with Gasteiger partial charge in [-0.3, -0.25) is 4.99 Å². The maximum atomic E-state index is 4.37. The van der Waals surface area contributed by atoms with Crippen LogP contribution in [0.1, 0.15) is 5.01 Å². The Hall–Kier alpha value is -1.49. The van der Waals surface area contributed by atoms with Crippen LogP contribution in [0, 0.1) is 0 Å². The summed E-state index contributed by atoms with van der Waals surface area (Å²) in [6, 6.07) is 1.84. The first kappa shape index (κ1) is 17.9. The van der Waals surface area contributed by atoms with E-state index in [1.165, 1.54) is 0 Å². The Bertz CT molecular complexity index is 597. The van der Waals surface area contributed by atoms with Crippen LogP contribution in [0.5, 0.6) is 0 Å². The average molecular weight is 445 g/mol. The predicted octanol–water partition coefficient (Wildman–Crippen LogP) is 1.45. The van der Waals surface area contributed by atoms with E-state index in [0.29, 0.717) is 6.54 Å². The van der Waals surface area contributed by atoms with Gasteiger partial charge in [0.05, 0.1) is 6.54 Å². The van der Waals surface area contributed by atoms with Gasteiger partial charge in [-0.1, -0.05) is 0 Å². The lowest BCUT2D eigenvalue weighted by molar-refractivity contribution is 0.370. The van der Waals surface area contributed by atoms with Crippen molar-refractivity contribution in [3.05, 3.63) is 35.0 Å². The largest absolute Gasteiger partial charge is 0.350 e. The lowest BCUT2D eigenvalue weighted by atomic mass is 10.3. The fraction of sp³-hybridized carbons (Fsp3) is 0.429. The molecule has 0 unspecified atom stereocenters. The first-order chi connectivity index (χ1) is 10.9. The molecule has 1 aliphatic rings. The number of guanidine groups is 1. The van der Waals surface area contributed by atoms with E-state index in [0.717, 1.165) is 43.1 Å². The number of aliphatic imine (C=N–C) groups is 1. The van der Waals surface area contributed by atoms with Crippen molar-refractivity contribution < 1.29 is 0 Å². The molecule has 0 saturated carbocycles. The van der Waals surface area contributed by atoms with Gasteiger partial charge in [-0.15, -0.1) is 35.3 Å². The maximum absolute atomic E-state index is 4.37. The average Bonchev–Trinajstić information content (AvgIpc) is 3.10. The highest BCUT2D eigenvalue weighted by molar-refractivity contribution is 14.0. The Morgan fingerprint density at radius 2 is 1.91 bits per heavy atom. The number of thiazole rings is 1. The zero-order valence-corrected chi connectivity index (χ0v) is 16.1. The lowest BCUT2D eigenvalue weighted by Crippen LogP contribution is -2.52. The smallest absolute Gasteiger partial charge is 0.225 e. The highest BCUT2D eigenvalue weighted by Crippen LogP contribution is 2.10. The van der Waals surface area contributed by atoms with E-state index >= 15 is 0 Å². The van der Waals surface area contributed by atoms with Crippen LogP contribution in [-0.4, -0.2) is 59.0 Å². The van der Waals surface area contributed by atoms with Gasteiger partial charge in [0, 0.05) is 57.2 Å². The first-order valence-corrected chi connectivity index (χ1v) is 8.10. The number of hydrogen-bond acceptors (Lipinski definition) is 6. The summed E-state index contributed by atoms with van der Waals surface area (Å²) in [6.45, 7) is 4.29. The molecule has 9 heteroatoms. The summed E-state index contributed by atoms with van der Waals surface area (Å²) in [6.07, 6.45) is 5.38. The summed E-state index contributed by atoms with van der Waals surface area (Å²) in [5, 5.41) is 6.42. The molecule has 2 aromatic heterocycles. The molecule has 1 saturated heterocycles. The first-order valence-electron chi connectivity index (χ1n) is 7.23. The normalized spacial score (nSPS) is 15.3. The Morgan fingerprint density at radius 3 is 2.52 bits per heavy atom. The van der Waals surface area contributed by atoms with E-state index in [1.807, 2.05) is 24.7 Å². The molecule has 0 amide bonds. The van der Waals surface area contributed by atoms with Crippen molar-refractivity contribution in [1.82, 2.24) is 25.2 Å². The number of nitrogens with zero attached hydrogens (tertiary/aromatic N) is 6. The van der Waals surface area contributed by atoms with E-state index in [-0.39, 0.29) is 24.0 Å². The minimum atomic E-state index is 0. The Balaban J connectivity index is 0.00000192. The van der Waals surface area contributed by atoms with Crippen LogP contribution in [-0.2, 0) is 6.54 Å². The highest BCUT2D eigenvalue weighted by Gasteiger charge is 2.20. The maximum Gasteiger partial charge on any atom is 0.225 e. The minimum Gasteiger partial charge on any atom is -0.350 e. The molecule has 124 valence electrons. The minimum absolute atomic E-state index is 0. The summed E-state index contributed by atoms with van der Waals surface area (Å²) in [5.41, 5.74) is 0. The van der Waals surface area contributed by atoms with Crippen molar-refractivity contribution in [2.24, 2.45) is 4.99 Å². The molecule has 3 heterocycles. The molecule has 1 N–H and O–H groups in total. The fourth-order valence-corrected chi connectivity index (χ4v) is 2.96.